The summed E-state index contributed by atoms with van der Waals surface area (Å²) in [5, 5.41) is 8.88. The van der Waals surface area contributed by atoms with Crippen LogP contribution < -0.4 is 10.9 Å². The number of carbonyl (C=O) groups is 1. The lowest BCUT2D eigenvalue weighted by Crippen LogP contribution is -2.29. The molecule has 0 saturated heterocycles. The Hall–Kier alpha value is -1.97. The smallest absolute Gasteiger partial charge is 0.335 e. The highest BCUT2D eigenvalue weighted by Crippen LogP contribution is 2.39. The Labute approximate surface area is 132 Å². The molecule has 1 unspecified atom stereocenters. The first-order valence-electron chi connectivity index (χ1n) is 7.97. The highest BCUT2D eigenvalue weighted by atomic mass is 16.4. The van der Waals surface area contributed by atoms with Crippen LogP contribution in [0.3, 0.4) is 0 Å². The van der Waals surface area contributed by atoms with Crippen molar-refractivity contribution in [3.63, 3.8) is 0 Å². The normalized spacial score (nSPS) is 18.5. The van der Waals surface area contributed by atoms with Crippen LogP contribution in [0.4, 0.5) is 5.69 Å². The van der Waals surface area contributed by atoms with Crippen LogP contribution in [0, 0.1) is 11.3 Å². The summed E-state index contributed by atoms with van der Waals surface area (Å²) in [6.07, 6.45) is 6.86. The van der Waals surface area contributed by atoms with E-state index in [0.29, 0.717) is 11.0 Å². The maximum Gasteiger partial charge on any atom is 0.335 e. The summed E-state index contributed by atoms with van der Waals surface area (Å²) >= 11 is 0. The van der Waals surface area contributed by atoms with Gasteiger partial charge in [0, 0.05) is 5.70 Å². The van der Waals surface area contributed by atoms with E-state index < -0.39 is 5.97 Å². The lowest BCUT2D eigenvalue weighted by molar-refractivity contribution is 0.0697. The number of hydrazine groups is 1. The van der Waals surface area contributed by atoms with Crippen molar-refractivity contribution in [2.45, 2.75) is 46.5 Å². The van der Waals surface area contributed by atoms with Gasteiger partial charge in [0.25, 0.3) is 0 Å². The standard InChI is InChI=1S/C18H26N2O2/c1-4-18(2,3)14-7-11-16(12-8-14)20-19-15-9-5-13(6-10-15)17(21)22/h5-6,9-11,14,19-20H,4,7-8,12H2,1-3H3,(H,21,22). The largest absolute Gasteiger partial charge is 0.478 e. The summed E-state index contributed by atoms with van der Waals surface area (Å²) in [5.41, 5.74) is 9.16. The molecule has 0 amide bonds. The van der Waals surface area contributed by atoms with Crippen LogP contribution in [0.1, 0.15) is 56.8 Å². The van der Waals surface area contributed by atoms with Crippen LogP contribution in [0.5, 0.6) is 0 Å². The van der Waals surface area contributed by atoms with E-state index in [1.807, 2.05) is 0 Å². The molecule has 2 rings (SSSR count). The number of hydrogen-bond donors (Lipinski definition) is 3. The van der Waals surface area contributed by atoms with Gasteiger partial charge >= 0.3 is 5.97 Å². The van der Waals surface area contributed by atoms with Crippen molar-refractivity contribution in [2.75, 3.05) is 5.43 Å². The average Bonchev–Trinajstić information content (AvgIpc) is 2.53. The molecule has 0 aromatic heterocycles. The third-order valence-corrected chi connectivity index (χ3v) is 4.93. The second-order valence-electron chi connectivity index (χ2n) is 6.68. The third kappa shape index (κ3) is 4.03. The second-order valence-corrected chi connectivity index (χ2v) is 6.68. The Bertz CT molecular complexity index is 547. The van der Waals surface area contributed by atoms with Gasteiger partial charge in [-0.1, -0.05) is 33.3 Å². The predicted molar refractivity (Wildman–Crippen MR) is 89.7 cm³/mol. The molecule has 1 aliphatic carbocycles. The highest BCUT2D eigenvalue weighted by molar-refractivity contribution is 5.87. The molecule has 1 aromatic carbocycles. The SMILES string of the molecule is CCC(C)(C)C1CC=C(NNc2ccc(C(=O)O)cc2)CC1. The predicted octanol–water partition coefficient (Wildman–Crippen LogP) is 4.42. The summed E-state index contributed by atoms with van der Waals surface area (Å²) < 4.78 is 0. The Morgan fingerprint density at radius 2 is 1.95 bits per heavy atom. The molecule has 3 N–H and O–H groups in total. The zero-order chi connectivity index (χ0) is 16.2. The van der Waals surface area contributed by atoms with Crippen molar-refractivity contribution in [2.24, 2.45) is 11.3 Å². The molecule has 0 heterocycles. The number of nitrogens with one attached hydrogen (secondary N) is 2. The van der Waals surface area contributed by atoms with Crippen LogP contribution in [0.2, 0.25) is 0 Å². The molecule has 0 saturated carbocycles. The first-order valence-corrected chi connectivity index (χ1v) is 7.97. The molecule has 1 aromatic rings. The molecular weight excluding hydrogens is 276 g/mol. The van der Waals surface area contributed by atoms with Gasteiger partial charge in [0.1, 0.15) is 0 Å². The Kier molecular flexibility index (Phi) is 5.11. The molecule has 22 heavy (non-hydrogen) atoms. The fourth-order valence-electron chi connectivity index (χ4n) is 2.79. The van der Waals surface area contributed by atoms with Crippen molar-refractivity contribution in [3.8, 4) is 0 Å². The van der Waals surface area contributed by atoms with Gasteiger partial charge in [-0.15, -0.1) is 0 Å². The highest BCUT2D eigenvalue weighted by Gasteiger charge is 2.28. The molecule has 4 nitrogen and oxygen atoms in total. The molecule has 120 valence electrons. The molecule has 1 atom stereocenters. The fraction of sp³-hybridized carbons (Fsp3) is 0.500. The minimum absolute atomic E-state index is 0.298. The lowest BCUT2D eigenvalue weighted by atomic mass is 9.71. The van der Waals surface area contributed by atoms with Crippen LogP contribution in [-0.4, -0.2) is 11.1 Å². The van der Waals surface area contributed by atoms with E-state index in [1.165, 1.54) is 18.5 Å². The van der Waals surface area contributed by atoms with Crippen molar-refractivity contribution in [3.05, 3.63) is 41.6 Å². The van der Waals surface area contributed by atoms with E-state index in [-0.39, 0.29) is 0 Å². The fourth-order valence-corrected chi connectivity index (χ4v) is 2.79. The summed E-state index contributed by atoms with van der Waals surface area (Å²) in [7, 11) is 0. The molecular formula is C18H26N2O2. The molecule has 1 aliphatic rings. The van der Waals surface area contributed by atoms with Gasteiger partial charge in [0.15, 0.2) is 0 Å². The minimum Gasteiger partial charge on any atom is -0.478 e. The quantitative estimate of drug-likeness (QED) is 0.681. The molecule has 0 bridgehead atoms. The summed E-state index contributed by atoms with van der Waals surface area (Å²) in [5.74, 6) is -0.156. The molecule has 4 heteroatoms. The van der Waals surface area contributed by atoms with E-state index in [0.717, 1.165) is 24.4 Å². The maximum atomic E-state index is 10.8. The number of allylic oxidation sites excluding steroid dienone is 2. The van der Waals surface area contributed by atoms with Gasteiger partial charge in [-0.25, -0.2) is 4.79 Å². The molecule has 0 spiro atoms. The van der Waals surface area contributed by atoms with Gasteiger partial charge in [0.2, 0.25) is 0 Å². The van der Waals surface area contributed by atoms with Gasteiger partial charge in [-0.3, -0.25) is 0 Å². The monoisotopic (exact) mass is 302 g/mol. The van der Waals surface area contributed by atoms with Crippen molar-refractivity contribution in [1.82, 2.24) is 5.43 Å². The Morgan fingerprint density at radius 1 is 1.27 bits per heavy atom. The summed E-state index contributed by atoms with van der Waals surface area (Å²) in [6, 6.07) is 6.73. The zero-order valence-electron chi connectivity index (χ0n) is 13.6. The van der Waals surface area contributed by atoms with Crippen molar-refractivity contribution >= 4 is 11.7 Å². The Balaban J connectivity index is 1.86. The first kappa shape index (κ1) is 16.4. The molecule has 0 radical (unpaired) electrons. The number of anilines is 1. The van der Waals surface area contributed by atoms with Gasteiger partial charge in [-0.2, -0.15) is 0 Å². The average molecular weight is 302 g/mol. The number of rotatable bonds is 6. The zero-order valence-corrected chi connectivity index (χ0v) is 13.6. The van der Waals surface area contributed by atoms with Gasteiger partial charge in [0.05, 0.1) is 11.3 Å². The van der Waals surface area contributed by atoms with Gasteiger partial charge < -0.3 is 16.0 Å². The summed E-state index contributed by atoms with van der Waals surface area (Å²) in [4.78, 5) is 10.8. The van der Waals surface area contributed by atoms with E-state index in [4.69, 9.17) is 5.11 Å². The summed E-state index contributed by atoms with van der Waals surface area (Å²) in [6.45, 7) is 6.97. The lowest BCUT2D eigenvalue weighted by Gasteiger charge is -2.35. The van der Waals surface area contributed by atoms with Gasteiger partial charge in [-0.05, 0) is 54.9 Å². The van der Waals surface area contributed by atoms with E-state index in [9.17, 15) is 4.79 Å². The number of hydrogen-bond acceptors (Lipinski definition) is 3. The van der Waals surface area contributed by atoms with Crippen molar-refractivity contribution < 1.29 is 9.90 Å². The Morgan fingerprint density at radius 3 is 2.45 bits per heavy atom. The molecule has 0 fully saturated rings. The van der Waals surface area contributed by atoms with Crippen LogP contribution in [-0.2, 0) is 0 Å². The van der Waals surface area contributed by atoms with Crippen LogP contribution in [0.25, 0.3) is 0 Å². The minimum atomic E-state index is -0.904. The maximum absolute atomic E-state index is 10.8. The number of carboxylic acid groups (broad SMARTS) is 1. The number of carboxylic acids is 1. The topological polar surface area (TPSA) is 61.4 Å². The first-order chi connectivity index (χ1) is 10.4. The van der Waals surface area contributed by atoms with Crippen LogP contribution in [0.15, 0.2) is 36.0 Å². The molecule has 0 aliphatic heterocycles. The number of benzene rings is 1. The van der Waals surface area contributed by atoms with Crippen molar-refractivity contribution in [1.29, 1.82) is 0 Å². The second kappa shape index (κ2) is 6.86. The number of aromatic carboxylic acids is 1. The van der Waals surface area contributed by atoms with E-state index in [2.05, 4.69) is 37.7 Å². The van der Waals surface area contributed by atoms with Crippen LogP contribution >= 0.6 is 0 Å². The van der Waals surface area contributed by atoms with E-state index in [1.54, 1.807) is 24.3 Å². The third-order valence-electron chi connectivity index (χ3n) is 4.93. The van der Waals surface area contributed by atoms with E-state index >= 15 is 0 Å².